The number of carbonyl (C=O) groups is 1. The Morgan fingerprint density at radius 2 is 1.85 bits per heavy atom. The minimum absolute atomic E-state index is 0.123. The molecule has 0 saturated carbocycles. The summed E-state index contributed by atoms with van der Waals surface area (Å²) in [5, 5.41) is 3.26. The van der Waals surface area contributed by atoms with Gasteiger partial charge in [0.1, 0.15) is 11.6 Å². The zero-order valence-corrected chi connectivity index (χ0v) is 16.1. The topological polar surface area (TPSA) is 61.4 Å². The average Bonchev–Trinajstić information content (AvgIpc) is 2.73. The lowest BCUT2D eigenvalue weighted by atomic mass is 9.94. The first kappa shape index (κ1) is 17.9. The van der Waals surface area contributed by atoms with E-state index in [0.29, 0.717) is 5.92 Å². The van der Waals surface area contributed by atoms with Crippen LogP contribution in [0.5, 0.6) is 0 Å². The zero-order chi connectivity index (χ0) is 18.8. The highest BCUT2D eigenvalue weighted by atomic mass is 16.2. The van der Waals surface area contributed by atoms with Crippen LogP contribution in [-0.2, 0) is 13.0 Å². The standard InChI is InChI=1S/C21H27N5O/c1-22-20-17-10-11-25(2)14-18(17)23-19(24-20)15-8-12-26(13-9-15)21(27)16-6-4-3-5-7-16/h3-7,15H,8-14H2,1-2H3,(H,22,23,24). The summed E-state index contributed by atoms with van der Waals surface area (Å²) >= 11 is 0. The predicted octanol–water partition coefficient (Wildman–Crippen LogP) is 2.53. The van der Waals surface area contributed by atoms with Crippen LogP contribution in [0.25, 0.3) is 0 Å². The van der Waals surface area contributed by atoms with E-state index in [1.807, 2.05) is 42.3 Å². The molecule has 0 atom stereocenters. The predicted molar refractivity (Wildman–Crippen MR) is 106 cm³/mol. The maximum Gasteiger partial charge on any atom is 0.253 e. The molecule has 6 nitrogen and oxygen atoms in total. The Morgan fingerprint density at radius 1 is 1.11 bits per heavy atom. The molecular formula is C21H27N5O. The maximum absolute atomic E-state index is 12.7. The first-order valence-electron chi connectivity index (χ1n) is 9.76. The second-order valence-corrected chi connectivity index (χ2v) is 7.53. The Hall–Kier alpha value is -2.47. The number of carbonyl (C=O) groups excluding carboxylic acids is 1. The van der Waals surface area contributed by atoms with Gasteiger partial charge in [-0.2, -0.15) is 0 Å². The van der Waals surface area contributed by atoms with E-state index in [1.165, 1.54) is 5.56 Å². The van der Waals surface area contributed by atoms with Crippen LogP contribution in [0.2, 0.25) is 0 Å². The van der Waals surface area contributed by atoms with E-state index >= 15 is 0 Å². The SMILES string of the molecule is CNc1nc(C2CCN(C(=O)c3ccccc3)CC2)nc2c1CCN(C)C2. The van der Waals surface area contributed by atoms with Crippen molar-refractivity contribution in [3.63, 3.8) is 0 Å². The van der Waals surface area contributed by atoms with Gasteiger partial charge in [-0.15, -0.1) is 0 Å². The van der Waals surface area contributed by atoms with E-state index in [0.717, 1.165) is 68.3 Å². The molecule has 2 aliphatic rings. The van der Waals surface area contributed by atoms with E-state index in [9.17, 15) is 4.79 Å². The van der Waals surface area contributed by atoms with Crippen LogP contribution >= 0.6 is 0 Å². The Kier molecular flexibility index (Phi) is 5.07. The molecule has 1 aromatic heterocycles. The highest BCUT2D eigenvalue weighted by Crippen LogP contribution is 2.30. The monoisotopic (exact) mass is 365 g/mol. The van der Waals surface area contributed by atoms with Gasteiger partial charge in [0.05, 0.1) is 5.69 Å². The van der Waals surface area contributed by atoms with Crippen molar-refractivity contribution >= 4 is 11.7 Å². The Labute approximate surface area is 160 Å². The number of nitrogens with zero attached hydrogens (tertiary/aromatic N) is 4. The van der Waals surface area contributed by atoms with E-state index in [2.05, 4.69) is 17.3 Å². The van der Waals surface area contributed by atoms with Gasteiger partial charge in [0.15, 0.2) is 0 Å². The number of nitrogens with one attached hydrogen (secondary N) is 1. The van der Waals surface area contributed by atoms with Crippen LogP contribution in [0.1, 0.15) is 46.2 Å². The Bertz CT molecular complexity index is 815. The summed E-state index contributed by atoms with van der Waals surface area (Å²) in [4.78, 5) is 26.7. The van der Waals surface area contributed by atoms with Gasteiger partial charge < -0.3 is 15.1 Å². The summed E-state index contributed by atoms with van der Waals surface area (Å²) in [7, 11) is 4.07. The number of likely N-dealkylation sites (tertiary alicyclic amines) is 1. The molecule has 1 saturated heterocycles. The van der Waals surface area contributed by atoms with E-state index in [-0.39, 0.29) is 5.91 Å². The van der Waals surface area contributed by atoms with Crippen LogP contribution < -0.4 is 5.32 Å². The third kappa shape index (κ3) is 3.67. The van der Waals surface area contributed by atoms with Crippen molar-refractivity contribution in [2.75, 3.05) is 39.0 Å². The van der Waals surface area contributed by atoms with Crippen LogP contribution in [-0.4, -0.2) is 59.4 Å². The van der Waals surface area contributed by atoms with Crippen molar-refractivity contribution in [3.8, 4) is 0 Å². The molecule has 2 aliphatic heterocycles. The number of aromatic nitrogens is 2. The lowest BCUT2D eigenvalue weighted by Crippen LogP contribution is -2.38. The summed E-state index contributed by atoms with van der Waals surface area (Å²) < 4.78 is 0. The molecule has 1 aromatic carbocycles. The number of fused-ring (bicyclic) bond motifs is 1. The molecule has 3 heterocycles. The van der Waals surface area contributed by atoms with Crippen LogP contribution in [0.4, 0.5) is 5.82 Å². The van der Waals surface area contributed by atoms with Gasteiger partial charge >= 0.3 is 0 Å². The van der Waals surface area contributed by atoms with Crippen molar-refractivity contribution in [3.05, 3.63) is 53.0 Å². The molecule has 0 aliphatic carbocycles. The highest BCUT2D eigenvalue weighted by molar-refractivity contribution is 5.94. The molecule has 0 radical (unpaired) electrons. The van der Waals surface area contributed by atoms with Crippen LogP contribution in [0, 0.1) is 0 Å². The van der Waals surface area contributed by atoms with Gasteiger partial charge in [0.25, 0.3) is 5.91 Å². The molecule has 2 aromatic rings. The van der Waals surface area contributed by atoms with Gasteiger partial charge in [-0.1, -0.05) is 18.2 Å². The van der Waals surface area contributed by atoms with Crippen molar-refractivity contribution in [1.29, 1.82) is 0 Å². The van der Waals surface area contributed by atoms with Gasteiger partial charge in [0, 0.05) is 50.3 Å². The second kappa shape index (κ2) is 7.64. The fraction of sp³-hybridized carbons (Fsp3) is 0.476. The summed E-state index contributed by atoms with van der Waals surface area (Å²) in [5.41, 5.74) is 3.18. The van der Waals surface area contributed by atoms with Crippen molar-refractivity contribution in [2.24, 2.45) is 0 Å². The molecule has 1 amide bonds. The number of piperidine rings is 1. The van der Waals surface area contributed by atoms with Crippen LogP contribution in [0.15, 0.2) is 30.3 Å². The molecule has 27 heavy (non-hydrogen) atoms. The number of rotatable bonds is 3. The van der Waals surface area contributed by atoms with Gasteiger partial charge in [-0.25, -0.2) is 9.97 Å². The quantitative estimate of drug-likeness (QED) is 0.906. The van der Waals surface area contributed by atoms with Crippen molar-refractivity contribution in [2.45, 2.75) is 31.7 Å². The third-order valence-corrected chi connectivity index (χ3v) is 5.68. The largest absolute Gasteiger partial charge is 0.373 e. The molecule has 4 rings (SSSR count). The van der Waals surface area contributed by atoms with Gasteiger partial charge in [0.2, 0.25) is 0 Å². The highest BCUT2D eigenvalue weighted by Gasteiger charge is 2.28. The number of benzene rings is 1. The molecule has 0 spiro atoms. The Morgan fingerprint density at radius 3 is 2.56 bits per heavy atom. The number of hydrogen-bond donors (Lipinski definition) is 1. The van der Waals surface area contributed by atoms with Gasteiger partial charge in [-0.05, 0) is 38.4 Å². The van der Waals surface area contributed by atoms with Crippen molar-refractivity contribution in [1.82, 2.24) is 19.8 Å². The minimum Gasteiger partial charge on any atom is -0.373 e. The second-order valence-electron chi connectivity index (χ2n) is 7.53. The summed E-state index contributed by atoms with van der Waals surface area (Å²) in [6, 6.07) is 9.54. The molecule has 0 bridgehead atoms. The number of anilines is 1. The molecule has 0 unspecified atom stereocenters. The molecular weight excluding hydrogens is 338 g/mol. The molecule has 1 fully saturated rings. The number of hydrogen-bond acceptors (Lipinski definition) is 5. The summed E-state index contributed by atoms with van der Waals surface area (Å²) in [6.45, 7) is 3.44. The Balaban J connectivity index is 1.48. The smallest absolute Gasteiger partial charge is 0.253 e. The molecule has 1 N–H and O–H groups in total. The lowest BCUT2D eigenvalue weighted by Gasteiger charge is -2.32. The average molecular weight is 365 g/mol. The van der Waals surface area contributed by atoms with E-state index in [1.54, 1.807) is 0 Å². The fourth-order valence-electron chi connectivity index (χ4n) is 4.07. The van der Waals surface area contributed by atoms with Crippen LogP contribution in [0.3, 0.4) is 0 Å². The molecule has 6 heteroatoms. The summed E-state index contributed by atoms with van der Waals surface area (Å²) in [5.74, 6) is 2.35. The number of amides is 1. The maximum atomic E-state index is 12.7. The lowest BCUT2D eigenvalue weighted by molar-refractivity contribution is 0.0711. The van der Waals surface area contributed by atoms with E-state index in [4.69, 9.17) is 9.97 Å². The first-order chi connectivity index (χ1) is 13.2. The van der Waals surface area contributed by atoms with Gasteiger partial charge in [-0.3, -0.25) is 4.79 Å². The summed E-state index contributed by atoms with van der Waals surface area (Å²) in [6.07, 6.45) is 2.82. The third-order valence-electron chi connectivity index (χ3n) is 5.68. The minimum atomic E-state index is 0.123. The number of likely N-dealkylation sites (N-methyl/N-ethyl adjacent to an activating group) is 1. The first-order valence-corrected chi connectivity index (χ1v) is 9.76. The zero-order valence-electron chi connectivity index (χ0n) is 16.1. The fourth-order valence-corrected chi connectivity index (χ4v) is 4.07. The molecule has 142 valence electrons. The van der Waals surface area contributed by atoms with E-state index < -0.39 is 0 Å². The normalized spacial score (nSPS) is 18.2. The van der Waals surface area contributed by atoms with Crippen molar-refractivity contribution < 1.29 is 4.79 Å².